The predicted molar refractivity (Wildman–Crippen MR) is 69.8 cm³/mol. The summed E-state index contributed by atoms with van der Waals surface area (Å²) in [5.74, 6) is -0.212. The van der Waals surface area contributed by atoms with Crippen molar-refractivity contribution < 1.29 is 28.7 Å². The van der Waals surface area contributed by atoms with E-state index in [1.165, 1.54) is 19.3 Å². The number of aryl methyl sites for hydroxylation is 1. The first kappa shape index (κ1) is 16.7. The minimum Gasteiger partial charge on any atom is -0.858 e. The van der Waals surface area contributed by atoms with Crippen LogP contribution in [0.1, 0.15) is 44.6 Å². The zero-order valence-corrected chi connectivity index (χ0v) is 12.5. The average Bonchev–Trinajstić information content (AvgIpc) is 2.39. The molecule has 0 amide bonds. The SMILES string of the molecule is CCc1cn(COC2CCCCC2)c(=S)nc1[O-].[Li+]. The number of aromatic nitrogens is 2. The molecule has 0 spiro atoms. The van der Waals surface area contributed by atoms with E-state index in [-0.39, 0.29) is 24.7 Å². The smallest absolute Gasteiger partial charge is 0.858 e. The molecule has 0 aromatic carbocycles. The molecule has 1 aliphatic carbocycles. The van der Waals surface area contributed by atoms with Gasteiger partial charge in [0.1, 0.15) is 6.73 Å². The molecule has 2 rings (SSSR count). The molecule has 100 valence electrons. The van der Waals surface area contributed by atoms with Gasteiger partial charge in [-0.3, -0.25) is 4.57 Å². The summed E-state index contributed by atoms with van der Waals surface area (Å²) >= 11 is 5.09. The van der Waals surface area contributed by atoms with Gasteiger partial charge in [-0.05, 0) is 42.9 Å². The molecule has 6 heteroatoms. The molecule has 19 heavy (non-hydrogen) atoms. The van der Waals surface area contributed by atoms with Crippen molar-refractivity contribution in [1.82, 2.24) is 9.55 Å². The van der Waals surface area contributed by atoms with E-state index in [0.29, 0.717) is 29.6 Å². The van der Waals surface area contributed by atoms with Crippen LogP contribution in [-0.2, 0) is 17.9 Å². The van der Waals surface area contributed by atoms with Crippen molar-refractivity contribution in [3.05, 3.63) is 16.5 Å². The molecule has 1 heterocycles. The van der Waals surface area contributed by atoms with Gasteiger partial charge in [0.15, 0.2) is 0 Å². The normalized spacial score (nSPS) is 16.1. The number of ether oxygens (including phenoxy) is 1. The van der Waals surface area contributed by atoms with Crippen LogP contribution in [0.5, 0.6) is 5.88 Å². The van der Waals surface area contributed by atoms with E-state index >= 15 is 0 Å². The summed E-state index contributed by atoms with van der Waals surface area (Å²) in [6.07, 6.45) is 8.83. The predicted octanol–water partition coefficient (Wildman–Crippen LogP) is -0.441. The van der Waals surface area contributed by atoms with E-state index in [9.17, 15) is 5.11 Å². The van der Waals surface area contributed by atoms with Crippen LogP contribution in [0, 0.1) is 4.77 Å². The van der Waals surface area contributed by atoms with Gasteiger partial charge in [-0.25, -0.2) is 4.98 Å². The van der Waals surface area contributed by atoms with E-state index < -0.39 is 0 Å². The largest absolute Gasteiger partial charge is 1.00 e. The molecule has 0 bridgehead atoms. The molecule has 0 aliphatic heterocycles. The Balaban J connectivity index is 0.00000180. The number of nitrogens with zero attached hydrogens (tertiary/aromatic N) is 2. The maximum absolute atomic E-state index is 11.5. The third-order valence-corrected chi connectivity index (χ3v) is 3.74. The summed E-state index contributed by atoms with van der Waals surface area (Å²) in [5.41, 5.74) is 0.691. The number of rotatable bonds is 4. The van der Waals surface area contributed by atoms with Crippen molar-refractivity contribution in [3.8, 4) is 5.88 Å². The molecule has 0 unspecified atom stereocenters. The number of hydrogen-bond acceptors (Lipinski definition) is 4. The van der Waals surface area contributed by atoms with E-state index in [1.54, 1.807) is 10.8 Å². The third-order valence-electron chi connectivity index (χ3n) is 3.41. The van der Waals surface area contributed by atoms with Gasteiger partial charge < -0.3 is 9.84 Å². The fourth-order valence-corrected chi connectivity index (χ4v) is 2.46. The molecule has 1 saturated carbocycles. The Kier molecular flexibility index (Phi) is 7.09. The second-order valence-corrected chi connectivity index (χ2v) is 5.10. The van der Waals surface area contributed by atoms with Crippen LogP contribution in [0.15, 0.2) is 6.20 Å². The Hall–Kier alpha value is -0.343. The van der Waals surface area contributed by atoms with Crippen molar-refractivity contribution in [3.63, 3.8) is 0 Å². The molecule has 1 aromatic heterocycles. The molecule has 1 fully saturated rings. The Bertz CT molecular complexity index is 458. The molecule has 1 aliphatic rings. The molecular weight excluding hydrogens is 255 g/mol. The van der Waals surface area contributed by atoms with Crippen LogP contribution in [-0.4, -0.2) is 15.7 Å². The van der Waals surface area contributed by atoms with E-state index in [2.05, 4.69) is 4.98 Å². The molecule has 0 radical (unpaired) electrons. The van der Waals surface area contributed by atoms with Crippen LogP contribution in [0.4, 0.5) is 0 Å². The topological polar surface area (TPSA) is 50.1 Å². The summed E-state index contributed by atoms with van der Waals surface area (Å²) in [4.78, 5) is 3.85. The Morgan fingerprint density at radius 1 is 1.42 bits per heavy atom. The summed E-state index contributed by atoms with van der Waals surface area (Å²) < 4.78 is 7.91. The maximum Gasteiger partial charge on any atom is 1.00 e. The van der Waals surface area contributed by atoms with Crippen molar-refractivity contribution in [2.24, 2.45) is 0 Å². The average molecular weight is 274 g/mol. The minimum atomic E-state index is -0.212. The number of hydrogen-bond donors (Lipinski definition) is 0. The van der Waals surface area contributed by atoms with Crippen molar-refractivity contribution in [2.45, 2.75) is 58.3 Å². The monoisotopic (exact) mass is 274 g/mol. The Morgan fingerprint density at radius 2 is 2.11 bits per heavy atom. The zero-order chi connectivity index (χ0) is 13.0. The Morgan fingerprint density at radius 3 is 2.74 bits per heavy atom. The molecule has 0 atom stereocenters. The first-order valence-corrected chi connectivity index (χ1v) is 7.00. The van der Waals surface area contributed by atoms with Gasteiger partial charge in [-0.15, -0.1) is 0 Å². The standard InChI is InChI=1S/C13H20N2O2S.Li/c1-2-10-8-15(13(18)14-12(10)16)9-17-11-6-4-3-5-7-11;/h8,11H,2-7,9H2,1H3,(H,14,16,18);/q;+1/p-1. The van der Waals surface area contributed by atoms with Gasteiger partial charge in [-0.1, -0.05) is 26.2 Å². The maximum atomic E-state index is 11.5. The quantitative estimate of drug-likeness (QED) is 0.552. The van der Waals surface area contributed by atoms with E-state index in [1.807, 2.05) is 6.92 Å². The molecular formula is C13H19LiN2O2S. The summed E-state index contributed by atoms with van der Waals surface area (Å²) in [7, 11) is 0. The van der Waals surface area contributed by atoms with Crippen molar-refractivity contribution >= 4 is 12.2 Å². The van der Waals surface area contributed by atoms with Gasteiger partial charge in [0, 0.05) is 6.20 Å². The van der Waals surface area contributed by atoms with Crippen molar-refractivity contribution in [2.75, 3.05) is 0 Å². The van der Waals surface area contributed by atoms with Crippen LogP contribution < -0.4 is 24.0 Å². The molecule has 4 nitrogen and oxygen atoms in total. The first-order chi connectivity index (χ1) is 8.70. The zero-order valence-electron chi connectivity index (χ0n) is 11.7. The van der Waals surface area contributed by atoms with Crippen LogP contribution >= 0.6 is 12.2 Å². The van der Waals surface area contributed by atoms with Crippen LogP contribution in [0.3, 0.4) is 0 Å². The van der Waals surface area contributed by atoms with Gasteiger partial charge in [0.25, 0.3) is 0 Å². The van der Waals surface area contributed by atoms with Gasteiger partial charge in [0.05, 0.1) is 6.10 Å². The Labute approximate surface area is 131 Å². The molecule has 0 saturated heterocycles. The van der Waals surface area contributed by atoms with Gasteiger partial charge >= 0.3 is 18.9 Å². The van der Waals surface area contributed by atoms with E-state index in [0.717, 1.165) is 12.8 Å². The second-order valence-electron chi connectivity index (χ2n) is 4.73. The fourth-order valence-electron chi connectivity index (χ4n) is 2.27. The second kappa shape index (κ2) is 8.06. The fraction of sp³-hybridized carbons (Fsp3) is 0.692. The first-order valence-electron chi connectivity index (χ1n) is 6.59. The van der Waals surface area contributed by atoms with Gasteiger partial charge in [0.2, 0.25) is 4.77 Å². The van der Waals surface area contributed by atoms with Crippen LogP contribution in [0.2, 0.25) is 0 Å². The summed E-state index contributed by atoms with van der Waals surface area (Å²) in [6.45, 7) is 2.34. The third kappa shape index (κ3) is 4.61. The minimum absolute atomic E-state index is 0. The molecule has 0 N–H and O–H groups in total. The van der Waals surface area contributed by atoms with Crippen molar-refractivity contribution in [1.29, 1.82) is 0 Å². The summed E-state index contributed by atoms with van der Waals surface area (Å²) in [6, 6.07) is 0. The van der Waals surface area contributed by atoms with E-state index in [4.69, 9.17) is 17.0 Å². The summed E-state index contributed by atoms with van der Waals surface area (Å²) in [5, 5.41) is 11.5. The van der Waals surface area contributed by atoms with Crippen LogP contribution in [0.25, 0.3) is 0 Å². The molecule has 1 aromatic rings. The van der Waals surface area contributed by atoms with Gasteiger partial charge in [-0.2, -0.15) is 0 Å².